The summed E-state index contributed by atoms with van der Waals surface area (Å²) in [5, 5.41) is 7.47. The lowest BCUT2D eigenvalue weighted by atomic mass is 9.62. The van der Waals surface area contributed by atoms with Gasteiger partial charge in [-0.1, -0.05) is 26.0 Å². The van der Waals surface area contributed by atoms with Gasteiger partial charge in [-0.15, -0.1) is 0 Å². The molecule has 144 valence electrons. The van der Waals surface area contributed by atoms with Crippen molar-refractivity contribution in [2.45, 2.75) is 32.4 Å². The first kappa shape index (κ1) is 18.2. The van der Waals surface area contributed by atoms with E-state index in [2.05, 4.69) is 29.2 Å². The number of carbonyl (C=O) groups is 1. The van der Waals surface area contributed by atoms with Gasteiger partial charge in [0.1, 0.15) is 0 Å². The number of aryl methyl sites for hydroxylation is 1. The van der Waals surface area contributed by atoms with Crippen LogP contribution in [0.5, 0.6) is 0 Å². The van der Waals surface area contributed by atoms with Crippen LogP contribution in [0.3, 0.4) is 0 Å². The van der Waals surface area contributed by atoms with Crippen molar-refractivity contribution in [3.8, 4) is 11.1 Å². The highest BCUT2D eigenvalue weighted by molar-refractivity contribution is 5.95. The number of carbonyl (C=O) groups excluding carboxylic acids is 1. The molecule has 0 spiro atoms. The van der Waals surface area contributed by atoms with Crippen LogP contribution in [0.4, 0.5) is 0 Å². The molecule has 4 rings (SSSR count). The van der Waals surface area contributed by atoms with Gasteiger partial charge in [-0.3, -0.25) is 14.4 Å². The highest BCUT2D eigenvalue weighted by atomic mass is 16.5. The summed E-state index contributed by atoms with van der Waals surface area (Å²) >= 11 is 0. The van der Waals surface area contributed by atoms with Gasteiger partial charge in [0.25, 0.3) is 5.91 Å². The SMILES string of the molecule is Cn1cc(-c2cccc(C(=O)NC3CC(N4CCOCC4)C3(C)C)c2)cn1. The molecule has 2 aromatic rings. The van der Waals surface area contributed by atoms with Gasteiger partial charge in [0.2, 0.25) is 0 Å². The summed E-state index contributed by atoms with van der Waals surface area (Å²) in [4.78, 5) is 15.4. The zero-order valence-electron chi connectivity index (χ0n) is 16.3. The summed E-state index contributed by atoms with van der Waals surface area (Å²) in [6, 6.07) is 8.46. The van der Waals surface area contributed by atoms with Crippen LogP contribution in [0.15, 0.2) is 36.7 Å². The Kier molecular flexibility index (Phi) is 4.78. The molecule has 1 amide bonds. The van der Waals surface area contributed by atoms with Crippen LogP contribution in [0.1, 0.15) is 30.6 Å². The fourth-order valence-corrected chi connectivity index (χ4v) is 4.31. The predicted octanol–water partition coefficient (Wildman–Crippen LogP) is 2.32. The van der Waals surface area contributed by atoms with Gasteiger partial charge >= 0.3 is 0 Å². The average molecular weight is 368 g/mol. The van der Waals surface area contributed by atoms with E-state index in [1.807, 2.05) is 43.7 Å². The third kappa shape index (κ3) is 3.51. The first-order chi connectivity index (χ1) is 12.9. The molecule has 6 nitrogen and oxygen atoms in total. The second kappa shape index (κ2) is 7.09. The molecule has 1 aliphatic carbocycles. The monoisotopic (exact) mass is 368 g/mol. The molecule has 2 unspecified atom stereocenters. The third-order valence-electron chi connectivity index (χ3n) is 6.17. The van der Waals surface area contributed by atoms with E-state index in [1.165, 1.54) is 0 Å². The van der Waals surface area contributed by atoms with E-state index in [9.17, 15) is 4.79 Å². The number of hydrogen-bond donors (Lipinski definition) is 1. The highest BCUT2D eigenvalue weighted by Gasteiger charge is 2.51. The number of aromatic nitrogens is 2. The zero-order chi connectivity index (χ0) is 19.0. The minimum atomic E-state index is -0.000701. The summed E-state index contributed by atoms with van der Waals surface area (Å²) in [5.41, 5.74) is 2.79. The van der Waals surface area contributed by atoms with E-state index < -0.39 is 0 Å². The molecule has 1 saturated heterocycles. The van der Waals surface area contributed by atoms with Gasteiger partial charge in [-0.25, -0.2) is 0 Å². The molecular formula is C21H28N4O2. The van der Waals surface area contributed by atoms with E-state index in [1.54, 1.807) is 4.68 Å². The zero-order valence-corrected chi connectivity index (χ0v) is 16.3. The molecule has 0 bridgehead atoms. The molecule has 1 aromatic heterocycles. The van der Waals surface area contributed by atoms with Crippen molar-refractivity contribution in [3.63, 3.8) is 0 Å². The van der Waals surface area contributed by atoms with Crippen molar-refractivity contribution in [2.75, 3.05) is 26.3 Å². The average Bonchev–Trinajstić information content (AvgIpc) is 3.12. The number of hydrogen-bond acceptors (Lipinski definition) is 4. The molecule has 2 fully saturated rings. The van der Waals surface area contributed by atoms with Gasteiger partial charge in [0.05, 0.1) is 19.4 Å². The van der Waals surface area contributed by atoms with Crippen LogP contribution in [0, 0.1) is 5.41 Å². The lowest BCUT2D eigenvalue weighted by Crippen LogP contribution is -2.67. The Labute approximate surface area is 160 Å². The highest BCUT2D eigenvalue weighted by Crippen LogP contribution is 2.44. The number of rotatable bonds is 4. The second-order valence-electron chi connectivity index (χ2n) is 8.23. The van der Waals surface area contributed by atoms with Crippen molar-refractivity contribution in [1.82, 2.24) is 20.0 Å². The summed E-state index contributed by atoms with van der Waals surface area (Å²) in [5.74, 6) is -0.000701. The first-order valence-electron chi connectivity index (χ1n) is 9.67. The fraction of sp³-hybridized carbons (Fsp3) is 0.524. The maximum atomic E-state index is 12.8. The van der Waals surface area contributed by atoms with Crippen molar-refractivity contribution >= 4 is 5.91 Å². The molecule has 1 aromatic carbocycles. The van der Waals surface area contributed by atoms with Gasteiger partial charge < -0.3 is 10.1 Å². The third-order valence-corrected chi connectivity index (χ3v) is 6.17. The summed E-state index contributed by atoms with van der Waals surface area (Å²) in [6.07, 6.45) is 4.78. The number of nitrogens with one attached hydrogen (secondary N) is 1. The molecule has 1 saturated carbocycles. The second-order valence-corrected chi connectivity index (χ2v) is 8.23. The van der Waals surface area contributed by atoms with Crippen molar-refractivity contribution in [2.24, 2.45) is 12.5 Å². The Morgan fingerprint density at radius 1 is 1.26 bits per heavy atom. The molecule has 6 heteroatoms. The van der Waals surface area contributed by atoms with Crippen LogP contribution in [0.2, 0.25) is 0 Å². The number of ether oxygens (including phenoxy) is 1. The van der Waals surface area contributed by atoms with Gasteiger partial charge in [0.15, 0.2) is 0 Å². The van der Waals surface area contributed by atoms with Crippen LogP contribution >= 0.6 is 0 Å². The Morgan fingerprint density at radius 2 is 2.04 bits per heavy atom. The molecule has 1 N–H and O–H groups in total. The number of amides is 1. The quantitative estimate of drug-likeness (QED) is 0.900. The summed E-state index contributed by atoms with van der Waals surface area (Å²) < 4.78 is 7.24. The molecule has 0 radical (unpaired) electrons. The van der Waals surface area contributed by atoms with Gasteiger partial charge in [0, 0.05) is 55.0 Å². The molecular weight excluding hydrogens is 340 g/mol. The fourth-order valence-electron chi connectivity index (χ4n) is 4.31. The van der Waals surface area contributed by atoms with Crippen LogP contribution in [0.25, 0.3) is 11.1 Å². The Bertz CT molecular complexity index is 823. The largest absolute Gasteiger partial charge is 0.379 e. The minimum absolute atomic E-state index is 0.000701. The topological polar surface area (TPSA) is 59.4 Å². The number of benzene rings is 1. The smallest absolute Gasteiger partial charge is 0.251 e. The van der Waals surface area contributed by atoms with Crippen molar-refractivity contribution in [3.05, 3.63) is 42.2 Å². The predicted molar refractivity (Wildman–Crippen MR) is 104 cm³/mol. The lowest BCUT2D eigenvalue weighted by molar-refractivity contribution is -0.0750. The molecule has 2 atom stereocenters. The Balaban J connectivity index is 1.42. The molecule has 2 heterocycles. The van der Waals surface area contributed by atoms with Gasteiger partial charge in [-0.05, 0) is 24.1 Å². The van der Waals surface area contributed by atoms with Gasteiger partial charge in [-0.2, -0.15) is 5.10 Å². The minimum Gasteiger partial charge on any atom is -0.379 e. The van der Waals surface area contributed by atoms with E-state index in [0.717, 1.165) is 43.9 Å². The lowest BCUT2D eigenvalue weighted by Gasteiger charge is -2.57. The molecule has 1 aliphatic heterocycles. The first-order valence-corrected chi connectivity index (χ1v) is 9.67. The van der Waals surface area contributed by atoms with E-state index in [-0.39, 0.29) is 17.4 Å². The van der Waals surface area contributed by atoms with Crippen LogP contribution in [-0.2, 0) is 11.8 Å². The molecule has 27 heavy (non-hydrogen) atoms. The van der Waals surface area contributed by atoms with E-state index >= 15 is 0 Å². The van der Waals surface area contributed by atoms with E-state index in [0.29, 0.717) is 11.6 Å². The van der Waals surface area contributed by atoms with Crippen LogP contribution in [-0.4, -0.2) is 59.0 Å². The van der Waals surface area contributed by atoms with E-state index in [4.69, 9.17) is 4.74 Å². The standard InChI is InChI=1S/C21H28N4O2/c1-21(2)18(12-19(21)25-7-9-27-10-8-25)23-20(26)16-6-4-5-15(11-16)17-13-22-24(3)14-17/h4-6,11,13-14,18-19H,7-10,12H2,1-3H3,(H,23,26). The van der Waals surface area contributed by atoms with Crippen molar-refractivity contribution in [1.29, 1.82) is 0 Å². The van der Waals surface area contributed by atoms with Crippen LogP contribution < -0.4 is 5.32 Å². The normalized spacial score (nSPS) is 25.0. The maximum absolute atomic E-state index is 12.8. The Morgan fingerprint density at radius 3 is 2.70 bits per heavy atom. The van der Waals surface area contributed by atoms with Crippen molar-refractivity contribution < 1.29 is 9.53 Å². The maximum Gasteiger partial charge on any atom is 0.251 e. The summed E-state index contributed by atoms with van der Waals surface area (Å²) in [6.45, 7) is 8.11. The Hall–Kier alpha value is -2.18. The number of nitrogens with zero attached hydrogens (tertiary/aromatic N) is 3. The summed E-state index contributed by atoms with van der Waals surface area (Å²) in [7, 11) is 1.89. The number of morpholine rings is 1. The molecule has 2 aliphatic rings.